The summed E-state index contributed by atoms with van der Waals surface area (Å²) in [7, 11) is 3.31. The molecule has 2 heterocycles. The van der Waals surface area contributed by atoms with Gasteiger partial charge in [0.05, 0.1) is 17.4 Å². The molecule has 0 unspecified atom stereocenters. The van der Waals surface area contributed by atoms with Crippen molar-refractivity contribution in [2.75, 3.05) is 14.1 Å². The predicted octanol–water partition coefficient (Wildman–Crippen LogP) is 2.60. The summed E-state index contributed by atoms with van der Waals surface area (Å²) in [6, 6.07) is 15.2. The van der Waals surface area contributed by atoms with Crippen LogP contribution in [0.3, 0.4) is 0 Å². The molecule has 2 aromatic heterocycles. The lowest BCUT2D eigenvalue weighted by molar-refractivity contribution is -0.121. The van der Waals surface area contributed by atoms with Gasteiger partial charge in [0, 0.05) is 37.7 Å². The van der Waals surface area contributed by atoms with E-state index in [-0.39, 0.29) is 24.3 Å². The maximum absolute atomic E-state index is 12.7. The predicted molar refractivity (Wildman–Crippen MR) is 101 cm³/mol. The first-order chi connectivity index (χ1) is 12.5. The van der Waals surface area contributed by atoms with Crippen LogP contribution in [0.25, 0.3) is 16.8 Å². The largest absolute Gasteiger partial charge is 0.359 e. The highest BCUT2D eigenvalue weighted by molar-refractivity contribution is 5.95. The Balaban J connectivity index is 1.80. The van der Waals surface area contributed by atoms with Crippen LogP contribution in [0.15, 0.2) is 54.7 Å². The standard InChI is InChI=1S/C20H22N4O2/c1-14(13-19(25)21-2)23(3)20(26)16-9-7-15(8-10-16)18-6-4-5-17-11-12-22-24(17)18/h4-12,14H,13H2,1-3H3,(H,21,25)/t14-/m1/s1. The van der Waals surface area contributed by atoms with Gasteiger partial charge in [0.2, 0.25) is 5.91 Å². The minimum absolute atomic E-state index is 0.0835. The van der Waals surface area contributed by atoms with Crippen molar-refractivity contribution in [1.82, 2.24) is 19.8 Å². The third kappa shape index (κ3) is 3.44. The molecular weight excluding hydrogens is 328 g/mol. The number of pyridine rings is 1. The van der Waals surface area contributed by atoms with E-state index in [0.717, 1.165) is 16.8 Å². The molecule has 1 aromatic carbocycles. The number of rotatable bonds is 5. The Morgan fingerprint density at radius 3 is 2.58 bits per heavy atom. The molecule has 0 fully saturated rings. The van der Waals surface area contributed by atoms with Gasteiger partial charge < -0.3 is 10.2 Å². The van der Waals surface area contributed by atoms with Crippen LogP contribution in [0.1, 0.15) is 23.7 Å². The SMILES string of the molecule is CNC(=O)C[C@@H](C)N(C)C(=O)c1ccc(-c2cccc3ccnn23)cc1. The van der Waals surface area contributed by atoms with Crippen molar-refractivity contribution in [3.63, 3.8) is 0 Å². The van der Waals surface area contributed by atoms with Gasteiger partial charge in [0.15, 0.2) is 0 Å². The van der Waals surface area contributed by atoms with E-state index in [0.29, 0.717) is 5.56 Å². The van der Waals surface area contributed by atoms with Crippen molar-refractivity contribution in [2.24, 2.45) is 0 Å². The number of nitrogens with one attached hydrogen (secondary N) is 1. The molecule has 1 atom stereocenters. The van der Waals surface area contributed by atoms with E-state index in [1.807, 2.05) is 60.0 Å². The van der Waals surface area contributed by atoms with Crippen LogP contribution >= 0.6 is 0 Å². The first kappa shape index (κ1) is 17.7. The minimum Gasteiger partial charge on any atom is -0.359 e. The fourth-order valence-corrected chi connectivity index (χ4v) is 2.86. The molecule has 1 N–H and O–H groups in total. The van der Waals surface area contributed by atoms with E-state index in [4.69, 9.17) is 0 Å². The summed E-state index contributed by atoms with van der Waals surface area (Å²) in [4.78, 5) is 25.8. The van der Waals surface area contributed by atoms with E-state index < -0.39 is 0 Å². The number of hydrogen-bond acceptors (Lipinski definition) is 3. The third-order valence-electron chi connectivity index (χ3n) is 4.59. The molecular formula is C20H22N4O2. The van der Waals surface area contributed by atoms with E-state index in [2.05, 4.69) is 10.4 Å². The van der Waals surface area contributed by atoms with Gasteiger partial charge in [-0.25, -0.2) is 4.52 Å². The second-order valence-electron chi connectivity index (χ2n) is 6.30. The summed E-state index contributed by atoms with van der Waals surface area (Å²) in [6.07, 6.45) is 2.04. The summed E-state index contributed by atoms with van der Waals surface area (Å²) in [5, 5.41) is 6.93. The fraction of sp³-hybridized carbons (Fsp3) is 0.250. The second kappa shape index (κ2) is 7.39. The third-order valence-corrected chi connectivity index (χ3v) is 4.59. The molecule has 0 aliphatic heterocycles. The maximum atomic E-state index is 12.7. The highest BCUT2D eigenvalue weighted by Gasteiger charge is 2.19. The smallest absolute Gasteiger partial charge is 0.253 e. The van der Waals surface area contributed by atoms with Gasteiger partial charge in [-0.2, -0.15) is 5.10 Å². The van der Waals surface area contributed by atoms with Crippen molar-refractivity contribution in [2.45, 2.75) is 19.4 Å². The molecule has 2 amide bonds. The van der Waals surface area contributed by atoms with Crippen molar-refractivity contribution in [3.05, 3.63) is 60.3 Å². The maximum Gasteiger partial charge on any atom is 0.253 e. The number of nitrogens with zero attached hydrogens (tertiary/aromatic N) is 3. The lowest BCUT2D eigenvalue weighted by atomic mass is 10.1. The summed E-state index contributed by atoms with van der Waals surface area (Å²) >= 11 is 0. The topological polar surface area (TPSA) is 66.7 Å². The number of carbonyl (C=O) groups is 2. The quantitative estimate of drug-likeness (QED) is 0.769. The Morgan fingerprint density at radius 1 is 1.15 bits per heavy atom. The van der Waals surface area contributed by atoms with Gasteiger partial charge in [-0.1, -0.05) is 18.2 Å². The average Bonchev–Trinajstić information content (AvgIpc) is 3.15. The van der Waals surface area contributed by atoms with Crippen LogP contribution in [0.4, 0.5) is 0 Å². The van der Waals surface area contributed by atoms with Gasteiger partial charge in [0.1, 0.15) is 0 Å². The Hall–Kier alpha value is -3.15. The van der Waals surface area contributed by atoms with Gasteiger partial charge in [-0.3, -0.25) is 9.59 Å². The highest BCUT2D eigenvalue weighted by atomic mass is 16.2. The molecule has 26 heavy (non-hydrogen) atoms. The van der Waals surface area contributed by atoms with Crippen LogP contribution in [-0.2, 0) is 4.79 Å². The minimum atomic E-state index is -0.181. The summed E-state index contributed by atoms with van der Waals surface area (Å²) < 4.78 is 1.87. The average molecular weight is 350 g/mol. The molecule has 0 spiro atoms. The summed E-state index contributed by atoms with van der Waals surface area (Å²) in [6.45, 7) is 1.86. The summed E-state index contributed by atoms with van der Waals surface area (Å²) in [5.41, 5.74) is 3.56. The van der Waals surface area contributed by atoms with Crippen molar-refractivity contribution >= 4 is 17.3 Å². The number of aromatic nitrogens is 2. The van der Waals surface area contributed by atoms with Crippen LogP contribution in [0, 0.1) is 0 Å². The molecule has 0 aliphatic rings. The zero-order valence-corrected chi connectivity index (χ0v) is 15.1. The molecule has 3 aromatic rings. The molecule has 134 valence electrons. The lowest BCUT2D eigenvalue weighted by Crippen LogP contribution is -2.38. The zero-order chi connectivity index (χ0) is 18.7. The first-order valence-electron chi connectivity index (χ1n) is 8.52. The van der Waals surface area contributed by atoms with Crippen LogP contribution < -0.4 is 5.32 Å². The molecule has 0 radical (unpaired) electrons. The first-order valence-corrected chi connectivity index (χ1v) is 8.52. The Bertz CT molecular complexity index is 930. The number of amides is 2. The Kier molecular flexibility index (Phi) is 5.02. The molecule has 0 bridgehead atoms. The Labute approximate surface area is 152 Å². The molecule has 6 heteroatoms. The van der Waals surface area contributed by atoms with Crippen molar-refractivity contribution in [1.29, 1.82) is 0 Å². The number of carbonyl (C=O) groups excluding carboxylic acids is 2. The number of benzene rings is 1. The molecule has 0 saturated heterocycles. The van der Waals surface area contributed by atoms with Crippen LogP contribution in [0.5, 0.6) is 0 Å². The van der Waals surface area contributed by atoms with E-state index >= 15 is 0 Å². The van der Waals surface area contributed by atoms with Crippen molar-refractivity contribution in [3.8, 4) is 11.3 Å². The molecule has 0 saturated carbocycles. The fourth-order valence-electron chi connectivity index (χ4n) is 2.86. The van der Waals surface area contributed by atoms with Crippen LogP contribution in [0.2, 0.25) is 0 Å². The van der Waals surface area contributed by atoms with Gasteiger partial charge in [-0.05, 0) is 37.3 Å². The summed E-state index contributed by atoms with van der Waals surface area (Å²) in [5.74, 6) is -0.190. The van der Waals surface area contributed by atoms with E-state index in [1.165, 1.54) is 0 Å². The molecule has 6 nitrogen and oxygen atoms in total. The lowest BCUT2D eigenvalue weighted by Gasteiger charge is -2.24. The van der Waals surface area contributed by atoms with E-state index in [1.54, 1.807) is 25.2 Å². The number of fused-ring (bicyclic) bond motifs is 1. The highest BCUT2D eigenvalue weighted by Crippen LogP contribution is 2.21. The normalized spacial score (nSPS) is 12.0. The van der Waals surface area contributed by atoms with Crippen LogP contribution in [-0.4, -0.2) is 46.5 Å². The number of hydrogen-bond donors (Lipinski definition) is 1. The molecule has 3 rings (SSSR count). The second-order valence-corrected chi connectivity index (χ2v) is 6.30. The van der Waals surface area contributed by atoms with Gasteiger partial charge in [-0.15, -0.1) is 0 Å². The van der Waals surface area contributed by atoms with E-state index in [9.17, 15) is 9.59 Å². The van der Waals surface area contributed by atoms with Crippen molar-refractivity contribution < 1.29 is 9.59 Å². The Morgan fingerprint density at radius 2 is 1.88 bits per heavy atom. The molecule has 0 aliphatic carbocycles. The van der Waals surface area contributed by atoms with Gasteiger partial charge in [0.25, 0.3) is 5.91 Å². The van der Waals surface area contributed by atoms with Gasteiger partial charge >= 0.3 is 0 Å². The monoisotopic (exact) mass is 350 g/mol. The zero-order valence-electron chi connectivity index (χ0n) is 15.1.